The van der Waals surface area contributed by atoms with E-state index in [9.17, 15) is 4.79 Å². The second-order valence-corrected chi connectivity index (χ2v) is 5.52. The first-order chi connectivity index (χ1) is 9.72. The molecular formula is C15H16ClN3O. The lowest BCUT2D eigenvalue weighted by molar-refractivity contribution is 0.0932. The molecule has 5 heteroatoms. The van der Waals surface area contributed by atoms with E-state index in [1.807, 2.05) is 24.3 Å². The number of hydrogen-bond donors (Lipinski definition) is 1. The van der Waals surface area contributed by atoms with Crippen LogP contribution < -0.4 is 5.32 Å². The van der Waals surface area contributed by atoms with Gasteiger partial charge in [-0.25, -0.2) is 4.68 Å². The molecule has 0 unspecified atom stereocenters. The Labute approximate surface area is 122 Å². The maximum atomic E-state index is 12.1. The van der Waals surface area contributed by atoms with Crippen LogP contribution in [0.5, 0.6) is 0 Å². The monoisotopic (exact) mass is 289 g/mol. The van der Waals surface area contributed by atoms with Crippen molar-refractivity contribution in [1.82, 2.24) is 15.1 Å². The number of nitrogens with one attached hydrogen (secondary N) is 1. The van der Waals surface area contributed by atoms with Gasteiger partial charge in [-0.1, -0.05) is 30.5 Å². The Morgan fingerprint density at radius 3 is 2.85 bits per heavy atom. The average molecular weight is 290 g/mol. The third-order valence-corrected chi connectivity index (χ3v) is 3.82. The summed E-state index contributed by atoms with van der Waals surface area (Å²) in [5.41, 5.74) is 1.29. The van der Waals surface area contributed by atoms with Crippen LogP contribution in [0.15, 0.2) is 36.5 Å². The van der Waals surface area contributed by atoms with Crippen LogP contribution in [0.2, 0.25) is 5.02 Å². The first kappa shape index (κ1) is 13.2. The minimum atomic E-state index is -0.0994. The number of nitrogens with zero attached hydrogens (tertiary/aromatic N) is 2. The average Bonchev–Trinajstić information content (AvgIpc) is 3.09. The van der Waals surface area contributed by atoms with E-state index in [0.29, 0.717) is 16.8 Å². The molecular weight excluding hydrogens is 274 g/mol. The SMILES string of the molecule is O=C(NC1CCCC1)c1ccn(-c2cccc(Cl)c2)n1. The molecule has 0 radical (unpaired) electrons. The summed E-state index contributed by atoms with van der Waals surface area (Å²) in [4.78, 5) is 12.1. The van der Waals surface area contributed by atoms with Crippen molar-refractivity contribution < 1.29 is 4.79 Å². The smallest absolute Gasteiger partial charge is 0.272 e. The zero-order valence-electron chi connectivity index (χ0n) is 11.1. The molecule has 1 N–H and O–H groups in total. The van der Waals surface area contributed by atoms with E-state index >= 15 is 0 Å². The molecule has 0 atom stereocenters. The molecule has 0 saturated heterocycles. The second kappa shape index (κ2) is 5.67. The summed E-state index contributed by atoms with van der Waals surface area (Å²) in [6.07, 6.45) is 6.31. The van der Waals surface area contributed by atoms with Gasteiger partial charge in [0.25, 0.3) is 5.91 Å². The minimum absolute atomic E-state index is 0.0994. The molecule has 1 heterocycles. The highest BCUT2D eigenvalue weighted by Crippen LogP contribution is 2.18. The zero-order valence-corrected chi connectivity index (χ0v) is 11.8. The van der Waals surface area contributed by atoms with Gasteiger partial charge in [0, 0.05) is 17.3 Å². The van der Waals surface area contributed by atoms with E-state index in [4.69, 9.17) is 11.6 Å². The number of halogens is 1. The number of benzene rings is 1. The maximum Gasteiger partial charge on any atom is 0.272 e. The molecule has 1 aromatic carbocycles. The lowest BCUT2D eigenvalue weighted by Crippen LogP contribution is -2.32. The van der Waals surface area contributed by atoms with Crippen molar-refractivity contribution in [3.05, 3.63) is 47.2 Å². The van der Waals surface area contributed by atoms with E-state index < -0.39 is 0 Å². The molecule has 1 amide bonds. The van der Waals surface area contributed by atoms with E-state index in [1.54, 1.807) is 16.9 Å². The van der Waals surface area contributed by atoms with Crippen LogP contribution in [0.3, 0.4) is 0 Å². The molecule has 2 aromatic rings. The summed E-state index contributed by atoms with van der Waals surface area (Å²) in [6, 6.07) is 9.41. The summed E-state index contributed by atoms with van der Waals surface area (Å²) in [7, 11) is 0. The number of rotatable bonds is 3. The van der Waals surface area contributed by atoms with Crippen molar-refractivity contribution in [1.29, 1.82) is 0 Å². The van der Waals surface area contributed by atoms with Crippen LogP contribution in [-0.4, -0.2) is 21.7 Å². The molecule has 3 rings (SSSR count). The van der Waals surface area contributed by atoms with E-state index in [2.05, 4.69) is 10.4 Å². The predicted octanol–water partition coefficient (Wildman–Crippen LogP) is 3.20. The lowest BCUT2D eigenvalue weighted by atomic mass is 10.2. The van der Waals surface area contributed by atoms with Gasteiger partial charge in [-0.3, -0.25) is 4.79 Å². The van der Waals surface area contributed by atoms with Crippen molar-refractivity contribution >= 4 is 17.5 Å². The molecule has 0 bridgehead atoms. The highest BCUT2D eigenvalue weighted by Gasteiger charge is 2.19. The minimum Gasteiger partial charge on any atom is -0.348 e. The van der Waals surface area contributed by atoms with Gasteiger partial charge < -0.3 is 5.32 Å². The number of aromatic nitrogens is 2. The van der Waals surface area contributed by atoms with Crippen molar-refractivity contribution in [3.63, 3.8) is 0 Å². The van der Waals surface area contributed by atoms with E-state index in [1.165, 1.54) is 12.8 Å². The topological polar surface area (TPSA) is 46.9 Å². The Kier molecular flexibility index (Phi) is 3.74. The fourth-order valence-corrected chi connectivity index (χ4v) is 2.72. The van der Waals surface area contributed by atoms with Gasteiger partial charge in [0.1, 0.15) is 0 Å². The summed E-state index contributed by atoms with van der Waals surface area (Å²) >= 11 is 5.96. The van der Waals surface area contributed by atoms with Gasteiger partial charge in [-0.2, -0.15) is 5.10 Å². The van der Waals surface area contributed by atoms with Crippen molar-refractivity contribution in [3.8, 4) is 5.69 Å². The zero-order chi connectivity index (χ0) is 13.9. The molecule has 104 valence electrons. The van der Waals surface area contributed by atoms with Crippen molar-refractivity contribution in [2.45, 2.75) is 31.7 Å². The van der Waals surface area contributed by atoms with Crippen molar-refractivity contribution in [2.75, 3.05) is 0 Å². The van der Waals surface area contributed by atoms with Gasteiger partial charge in [0.05, 0.1) is 5.69 Å². The van der Waals surface area contributed by atoms with Crippen LogP contribution in [-0.2, 0) is 0 Å². The van der Waals surface area contributed by atoms with Crippen LogP contribution in [0, 0.1) is 0 Å². The molecule has 0 aliphatic heterocycles. The maximum absolute atomic E-state index is 12.1. The van der Waals surface area contributed by atoms with Gasteiger partial charge in [-0.15, -0.1) is 0 Å². The first-order valence-electron chi connectivity index (χ1n) is 6.85. The number of amides is 1. The van der Waals surface area contributed by atoms with E-state index in [-0.39, 0.29) is 5.91 Å². The van der Waals surface area contributed by atoms with Crippen LogP contribution in [0.4, 0.5) is 0 Å². The second-order valence-electron chi connectivity index (χ2n) is 5.08. The normalized spacial score (nSPS) is 15.4. The molecule has 1 fully saturated rings. The predicted molar refractivity (Wildman–Crippen MR) is 78.3 cm³/mol. The van der Waals surface area contributed by atoms with Crippen LogP contribution in [0.25, 0.3) is 5.69 Å². The Balaban J connectivity index is 1.74. The van der Waals surface area contributed by atoms with Crippen LogP contribution in [0.1, 0.15) is 36.2 Å². The number of carbonyl (C=O) groups excluding carboxylic acids is 1. The summed E-state index contributed by atoms with van der Waals surface area (Å²) in [6.45, 7) is 0. The quantitative estimate of drug-likeness (QED) is 0.943. The Morgan fingerprint density at radius 1 is 1.30 bits per heavy atom. The third-order valence-electron chi connectivity index (χ3n) is 3.58. The first-order valence-corrected chi connectivity index (χ1v) is 7.23. The molecule has 1 aliphatic rings. The molecule has 1 aromatic heterocycles. The molecule has 20 heavy (non-hydrogen) atoms. The molecule has 1 aliphatic carbocycles. The lowest BCUT2D eigenvalue weighted by Gasteiger charge is -2.10. The highest BCUT2D eigenvalue weighted by atomic mass is 35.5. The molecule has 0 spiro atoms. The standard InChI is InChI=1S/C15H16ClN3O/c16-11-4-3-7-13(10-11)19-9-8-14(18-19)15(20)17-12-5-1-2-6-12/h3-4,7-10,12H,1-2,5-6H2,(H,17,20). The number of hydrogen-bond acceptors (Lipinski definition) is 2. The van der Waals surface area contributed by atoms with Gasteiger partial charge in [-0.05, 0) is 37.1 Å². The summed E-state index contributed by atoms with van der Waals surface area (Å²) < 4.78 is 1.66. The third kappa shape index (κ3) is 2.85. The van der Waals surface area contributed by atoms with Crippen LogP contribution >= 0.6 is 11.6 Å². The summed E-state index contributed by atoms with van der Waals surface area (Å²) in [5, 5.41) is 7.99. The summed E-state index contributed by atoms with van der Waals surface area (Å²) in [5.74, 6) is -0.0994. The van der Waals surface area contributed by atoms with Gasteiger partial charge in [0.2, 0.25) is 0 Å². The fraction of sp³-hybridized carbons (Fsp3) is 0.333. The van der Waals surface area contributed by atoms with E-state index in [0.717, 1.165) is 18.5 Å². The Bertz CT molecular complexity index is 617. The molecule has 4 nitrogen and oxygen atoms in total. The molecule has 1 saturated carbocycles. The van der Waals surface area contributed by atoms with Crippen molar-refractivity contribution in [2.24, 2.45) is 0 Å². The Hall–Kier alpha value is -1.81. The largest absolute Gasteiger partial charge is 0.348 e. The Morgan fingerprint density at radius 2 is 2.10 bits per heavy atom. The van der Waals surface area contributed by atoms with Gasteiger partial charge in [0.15, 0.2) is 5.69 Å². The van der Waals surface area contributed by atoms with Gasteiger partial charge >= 0.3 is 0 Å². The fourth-order valence-electron chi connectivity index (χ4n) is 2.54. The number of carbonyl (C=O) groups is 1. The highest BCUT2D eigenvalue weighted by molar-refractivity contribution is 6.30.